The van der Waals surface area contributed by atoms with Gasteiger partial charge in [0.15, 0.2) is 11.6 Å². The van der Waals surface area contributed by atoms with Crippen LogP contribution in [-0.2, 0) is 0 Å². The van der Waals surface area contributed by atoms with Crippen LogP contribution >= 0.6 is 0 Å². The molecule has 0 radical (unpaired) electrons. The van der Waals surface area contributed by atoms with Crippen LogP contribution in [-0.4, -0.2) is 21.5 Å². The molecule has 1 aromatic heterocycles. The molecule has 0 aliphatic carbocycles. The van der Waals surface area contributed by atoms with Crippen molar-refractivity contribution in [1.29, 1.82) is 0 Å². The Kier molecular flexibility index (Phi) is 4.08. The zero-order valence-electron chi connectivity index (χ0n) is 11.4. The average molecular weight is 284 g/mol. The van der Waals surface area contributed by atoms with E-state index in [1.807, 2.05) is 13.8 Å². The highest BCUT2D eigenvalue weighted by atomic mass is 19.1. The first-order chi connectivity index (χ1) is 9.45. The summed E-state index contributed by atoms with van der Waals surface area (Å²) in [5.41, 5.74) is 0.671. The third-order valence-corrected chi connectivity index (χ3v) is 3.04. The summed E-state index contributed by atoms with van der Waals surface area (Å²) in [5.74, 6) is -3.00. The van der Waals surface area contributed by atoms with Gasteiger partial charge in [-0.15, -0.1) is 5.10 Å². The van der Waals surface area contributed by atoms with Crippen LogP contribution in [0.3, 0.4) is 0 Å². The van der Waals surface area contributed by atoms with Gasteiger partial charge in [0.1, 0.15) is 17.2 Å². The second kappa shape index (κ2) is 5.62. The molecule has 1 heterocycles. The molecule has 1 aromatic carbocycles. The lowest BCUT2D eigenvalue weighted by molar-refractivity contribution is 0.524. The molecule has 1 atom stereocenters. The fourth-order valence-corrected chi connectivity index (χ4v) is 2.09. The summed E-state index contributed by atoms with van der Waals surface area (Å²) in [4.78, 5) is 0. The fourth-order valence-electron chi connectivity index (χ4n) is 2.09. The standard InChI is InChI=1S/C13H15F3N4/c1-4-17-7(2)12-8(3)20(19-18-12)13-10(15)5-9(14)6-11(13)16/h5-7,17H,4H2,1-3H3. The summed E-state index contributed by atoms with van der Waals surface area (Å²) < 4.78 is 41.5. The van der Waals surface area contributed by atoms with E-state index in [2.05, 4.69) is 15.6 Å². The summed E-state index contributed by atoms with van der Waals surface area (Å²) in [6.45, 7) is 6.20. The van der Waals surface area contributed by atoms with E-state index in [1.165, 1.54) is 0 Å². The van der Waals surface area contributed by atoms with Crippen molar-refractivity contribution in [1.82, 2.24) is 20.3 Å². The number of hydrogen-bond acceptors (Lipinski definition) is 3. The predicted octanol–water partition coefficient (Wildman–Crippen LogP) is 2.66. The molecule has 0 amide bonds. The number of hydrogen-bond donors (Lipinski definition) is 1. The summed E-state index contributed by atoms with van der Waals surface area (Å²) in [7, 11) is 0. The molecule has 108 valence electrons. The minimum atomic E-state index is -1.02. The minimum Gasteiger partial charge on any atom is -0.309 e. The quantitative estimate of drug-likeness (QED) is 0.938. The first kappa shape index (κ1) is 14.5. The molecule has 4 nitrogen and oxygen atoms in total. The molecule has 0 spiro atoms. The molecule has 1 unspecified atom stereocenters. The van der Waals surface area contributed by atoms with Gasteiger partial charge in [-0.25, -0.2) is 17.9 Å². The monoisotopic (exact) mass is 284 g/mol. The highest BCUT2D eigenvalue weighted by molar-refractivity contribution is 5.37. The number of nitrogens with zero attached hydrogens (tertiary/aromatic N) is 3. The summed E-state index contributed by atoms with van der Waals surface area (Å²) in [6.07, 6.45) is 0. The molecular formula is C13H15F3N4. The smallest absolute Gasteiger partial charge is 0.154 e. The number of aromatic nitrogens is 3. The van der Waals surface area contributed by atoms with Crippen molar-refractivity contribution in [3.05, 3.63) is 41.0 Å². The lowest BCUT2D eigenvalue weighted by atomic mass is 10.2. The Hall–Kier alpha value is -1.89. The van der Waals surface area contributed by atoms with Crippen LogP contribution in [0.15, 0.2) is 12.1 Å². The molecule has 0 saturated carbocycles. The summed E-state index contributed by atoms with van der Waals surface area (Å²) in [6, 6.07) is 1.14. The maximum Gasteiger partial charge on any atom is 0.154 e. The fraction of sp³-hybridized carbons (Fsp3) is 0.385. The van der Waals surface area contributed by atoms with Gasteiger partial charge in [0.25, 0.3) is 0 Å². The minimum absolute atomic E-state index is 0.0969. The third kappa shape index (κ3) is 2.53. The predicted molar refractivity (Wildman–Crippen MR) is 68.1 cm³/mol. The Balaban J connectivity index is 2.50. The Morgan fingerprint density at radius 1 is 1.25 bits per heavy atom. The molecule has 0 aliphatic rings. The van der Waals surface area contributed by atoms with Crippen molar-refractivity contribution in [2.75, 3.05) is 6.54 Å². The highest BCUT2D eigenvalue weighted by Crippen LogP contribution is 2.22. The van der Waals surface area contributed by atoms with Crippen molar-refractivity contribution in [3.8, 4) is 5.69 Å². The largest absolute Gasteiger partial charge is 0.309 e. The maximum atomic E-state index is 13.8. The molecule has 1 N–H and O–H groups in total. The van der Waals surface area contributed by atoms with Crippen molar-refractivity contribution in [2.24, 2.45) is 0 Å². The zero-order valence-corrected chi connectivity index (χ0v) is 11.4. The van der Waals surface area contributed by atoms with E-state index in [1.54, 1.807) is 6.92 Å². The van der Waals surface area contributed by atoms with Gasteiger partial charge in [0, 0.05) is 12.1 Å². The first-order valence-electron chi connectivity index (χ1n) is 6.26. The Morgan fingerprint density at radius 3 is 2.40 bits per heavy atom. The van der Waals surface area contributed by atoms with Crippen molar-refractivity contribution >= 4 is 0 Å². The zero-order chi connectivity index (χ0) is 14.9. The highest BCUT2D eigenvalue weighted by Gasteiger charge is 2.20. The van der Waals surface area contributed by atoms with Gasteiger partial charge in [-0.1, -0.05) is 12.1 Å². The van der Waals surface area contributed by atoms with E-state index in [0.717, 1.165) is 11.2 Å². The SMILES string of the molecule is CCNC(C)c1nnn(-c2c(F)cc(F)cc2F)c1C. The van der Waals surface area contributed by atoms with Crippen LogP contribution in [0.1, 0.15) is 31.3 Å². The van der Waals surface area contributed by atoms with E-state index >= 15 is 0 Å². The molecule has 0 fully saturated rings. The van der Waals surface area contributed by atoms with Gasteiger partial charge in [0.05, 0.1) is 11.7 Å². The number of benzene rings is 1. The number of halogens is 3. The van der Waals surface area contributed by atoms with Gasteiger partial charge in [-0.3, -0.25) is 0 Å². The number of nitrogens with one attached hydrogen (secondary N) is 1. The van der Waals surface area contributed by atoms with Crippen molar-refractivity contribution in [3.63, 3.8) is 0 Å². The van der Waals surface area contributed by atoms with Crippen LogP contribution in [0.4, 0.5) is 13.2 Å². The van der Waals surface area contributed by atoms with Gasteiger partial charge in [-0.2, -0.15) is 0 Å². The lowest BCUT2D eigenvalue weighted by Gasteiger charge is -2.11. The molecule has 20 heavy (non-hydrogen) atoms. The van der Waals surface area contributed by atoms with Gasteiger partial charge < -0.3 is 5.32 Å². The van der Waals surface area contributed by atoms with Crippen molar-refractivity contribution < 1.29 is 13.2 Å². The Morgan fingerprint density at radius 2 is 1.85 bits per heavy atom. The molecule has 7 heteroatoms. The van der Waals surface area contributed by atoms with E-state index < -0.39 is 23.1 Å². The molecule has 0 bridgehead atoms. The number of rotatable bonds is 4. The first-order valence-corrected chi connectivity index (χ1v) is 6.26. The third-order valence-electron chi connectivity index (χ3n) is 3.04. The molecule has 0 aliphatic heterocycles. The van der Waals surface area contributed by atoms with E-state index in [4.69, 9.17) is 0 Å². The van der Waals surface area contributed by atoms with E-state index in [9.17, 15) is 13.2 Å². The lowest BCUT2D eigenvalue weighted by Crippen LogP contribution is -2.19. The Labute approximate surface area is 114 Å². The van der Waals surface area contributed by atoms with E-state index in [-0.39, 0.29) is 6.04 Å². The molecule has 0 saturated heterocycles. The van der Waals surface area contributed by atoms with Gasteiger partial charge in [0.2, 0.25) is 0 Å². The van der Waals surface area contributed by atoms with E-state index in [0.29, 0.717) is 23.5 Å². The van der Waals surface area contributed by atoms with Crippen LogP contribution in [0, 0.1) is 24.4 Å². The molecule has 2 aromatic rings. The maximum absolute atomic E-state index is 13.8. The second-order valence-electron chi connectivity index (χ2n) is 4.47. The Bertz CT molecular complexity index is 601. The van der Waals surface area contributed by atoms with Crippen LogP contribution in [0.5, 0.6) is 0 Å². The normalized spacial score (nSPS) is 12.7. The topological polar surface area (TPSA) is 42.7 Å². The summed E-state index contributed by atoms with van der Waals surface area (Å²) in [5, 5.41) is 10.8. The van der Waals surface area contributed by atoms with Crippen LogP contribution < -0.4 is 5.32 Å². The summed E-state index contributed by atoms with van der Waals surface area (Å²) >= 11 is 0. The molecule has 2 rings (SSSR count). The van der Waals surface area contributed by atoms with Crippen molar-refractivity contribution in [2.45, 2.75) is 26.8 Å². The van der Waals surface area contributed by atoms with Gasteiger partial charge >= 0.3 is 0 Å². The second-order valence-corrected chi connectivity index (χ2v) is 4.47. The van der Waals surface area contributed by atoms with Crippen LogP contribution in [0.2, 0.25) is 0 Å². The average Bonchev–Trinajstić information content (AvgIpc) is 2.71. The molecular weight excluding hydrogens is 269 g/mol. The van der Waals surface area contributed by atoms with Gasteiger partial charge in [-0.05, 0) is 20.4 Å². The van der Waals surface area contributed by atoms with Crippen LogP contribution in [0.25, 0.3) is 5.69 Å².